The first-order valence-electron chi connectivity index (χ1n) is 37.8. The van der Waals surface area contributed by atoms with Gasteiger partial charge >= 0.3 is 0 Å². The zero-order valence-electron chi connectivity index (χ0n) is 66.3. The molecule has 0 aliphatic carbocycles. The molecule has 6 nitrogen and oxygen atoms in total. The van der Waals surface area contributed by atoms with E-state index in [1.165, 1.54) is 111 Å². The summed E-state index contributed by atoms with van der Waals surface area (Å²) in [6.07, 6.45) is 5.15. The summed E-state index contributed by atoms with van der Waals surface area (Å²) < 4.78 is 37.8. The Labute approximate surface area is 686 Å². The van der Waals surface area contributed by atoms with E-state index in [2.05, 4.69) is 194 Å². The molecular weight excluding hydrogens is 1490 g/mol. The van der Waals surface area contributed by atoms with Crippen molar-refractivity contribution >= 4 is 69.6 Å². The van der Waals surface area contributed by atoms with Gasteiger partial charge in [-0.05, 0) is 306 Å². The van der Waals surface area contributed by atoms with E-state index in [9.17, 15) is 0 Å². The second-order valence-corrected chi connectivity index (χ2v) is 29.6. The van der Waals surface area contributed by atoms with Crippen LogP contribution in [-0.2, 0) is 78.2 Å². The summed E-state index contributed by atoms with van der Waals surface area (Å²) in [4.78, 5) is 0. The van der Waals surface area contributed by atoms with E-state index in [1.54, 1.807) is 0 Å². The molecule has 0 fully saturated rings. The second kappa shape index (κ2) is 46.8. The van der Waals surface area contributed by atoms with Crippen LogP contribution in [0.5, 0.6) is 34.5 Å². The summed E-state index contributed by atoms with van der Waals surface area (Å²) in [6.45, 7) is 32.6. The topological polar surface area (TPSA) is 55.4 Å². The summed E-state index contributed by atoms with van der Waals surface area (Å²) >= 11 is 36.5. The van der Waals surface area contributed by atoms with Gasteiger partial charge in [-0.1, -0.05) is 253 Å². The van der Waals surface area contributed by atoms with Gasteiger partial charge in [-0.3, -0.25) is 0 Å². The number of halogens is 6. The maximum atomic E-state index is 6.30. The minimum atomic E-state index is 0.444. The quantitative estimate of drug-likeness (QED) is 0.0601. The van der Waals surface area contributed by atoms with Crippen molar-refractivity contribution in [3.8, 4) is 34.5 Å². The van der Waals surface area contributed by atoms with Crippen molar-refractivity contribution in [1.82, 2.24) is 0 Å². The van der Waals surface area contributed by atoms with Gasteiger partial charge in [0.15, 0.2) is 0 Å². The van der Waals surface area contributed by atoms with Crippen molar-refractivity contribution in [2.75, 3.05) is 0 Å². The first kappa shape index (κ1) is 88.4. The number of hydrogen-bond donors (Lipinski definition) is 0. The predicted molar refractivity (Wildman–Crippen MR) is 468 cm³/mol. The monoisotopic (exact) mass is 1590 g/mol. The maximum Gasteiger partial charge on any atom is 0.119 e. The maximum absolute atomic E-state index is 6.30. The Kier molecular flexibility index (Phi) is 37.6. The summed E-state index contributed by atoms with van der Waals surface area (Å²) in [6, 6.07) is 78.8. The lowest BCUT2D eigenvalue weighted by Gasteiger charge is -2.26. The normalized spacial score (nSPS) is 10.4. The fourth-order valence-corrected chi connectivity index (χ4v) is 13.2. The Hall–Kier alpha value is -8.82. The van der Waals surface area contributed by atoms with E-state index in [0.29, 0.717) is 69.8 Å². The Morgan fingerprint density at radius 3 is 0.345 bits per heavy atom. The molecule has 0 spiro atoms. The molecule has 12 rings (SSSR count). The third-order valence-electron chi connectivity index (χ3n) is 18.5. The van der Waals surface area contributed by atoms with E-state index in [-0.39, 0.29) is 0 Å². The van der Waals surface area contributed by atoms with Crippen LogP contribution in [0.1, 0.15) is 153 Å². The number of aryl methyl sites for hydroxylation is 8. The van der Waals surface area contributed by atoms with Gasteiger partial charge < -0.3 is 28.4 Å². The third kappa shape index (κ3) is 29.1. The molecule has 12 aromatic rings. The van der Waals surface area contributed by atoms with Crippen LogP contribution in [0.25, 0.3) is 0 Å². The van der Waals surface area contributed by atoms with Crippen molar-refractivity contribution in [2.24, 2.45) is 0 Å². The van der Waals surface area contributed by atoms with Crippen LogP contribution in [0.15, 0.2) is 243 Å². The molecule has 0 saturated heterocycles. The van der Waals surface area contributed by atoms with Gasteiger partial charge in [-0.2, -0.15) is 0 Å². The summed E-state index contributed by atoms with van der Waals surface area (Å²) in [5, 5.41) is 4.09. The molecule has 0 bridgehead atoms. The lowest BCUT2D eigenvalue weighted by Crippen LogP contribution is -2.17. The van der Waals surface area contributed by atoms with E-state index in [0.717, 1.165) is 73.0 Å². The minimum absolute atomic E-state index is 0.444. The fraction of sp³-hybridized carbons (Fsp3) is 0.265. The number of benzene rings is 12. The van der Waals surface area contributed by atoms with Crippen LogP contribution in [0, 0.1) is 55.4 Å². The molecule has 0 heterocycles. The number of rotatable bonds is 24. The largest absolute Gasteiger partial charge is 0.489 e. The minimum Gasteiger partial charge on any atom is -0.489 e. The molecule has 0 aliphatic heterocycles. The number of ether oxygens (including phenoxy) is 6. The van der Waals surface area contributed by atoms with Crippen LogP contribution >= 0.6 is 69.6 Å². The molecule has 0 radical (unpaired) electrons. The van der Waals surface area contributed by atoms with E-state index < -0.39 is 0 Å². The molecule has 12 heteroatoms. The Morgan fingerprint density at radius 1 is 0.155 bits per heavy atom. The highest BCUT2D eigenvalue weighted by Gasteiger charge is 2.25. The summed E-state index contributed by atoms with van der Waals surface area (Å²) in [5.74, 6) is 4.67. The van der Waals surface area contributed by atoms with Crippen molar-refractivity contribution in [2.45, 2.75) is 175 Å². The lowest BCUT2D eigenvalue weighted by atomic mass is 9.84. The lowest BCUT2D eigenvalue weighted by molar-refractivity contribution is 0.288. The smallest absolute Gasteiger partial charge is 0.119 e. The van der Waals surface area contributed by atoms with Gasteiger partial charge in [0.2, 0.25) is 0 Å². The first-order valence-corrected chi connectivity index (χ1v) is 40.1. The van der Waals surface area contributed by atoms with Crippen LogP contribution in [-0.4, -0.2) is 0 Å². The molecule has 0 unspecified atom stereocenters. The van der Waals surface area contributed by atoms with Gasteiger partial charge in [0, 0.05) is 30.1 Å². The average molecular weight is 1590 g/mol. The van der Waals surface area contributed by atoms with Crippen molar-refractivity contribution in [3.63, 3.8) is 0 Å². The van der Waals surface area contributed by atoms with Crippen LogP contribution in [0.4, 0.5) is 0 Å². The van der Waals surface area contributed by atoms with Gasteiger partial charge in [0.05, 0.1) is 0 Å². The third-order valence-corrected chi connectivity index (χ3v) is 20.1. The molecule has 0 N–H and O–H groups in total. The molecule has 0 amide bonds. The summed E-state index contributed by atoms with van der Waals surface area (Å²) in [5.41, 5.74) is 25.4. The molecule has 0 saturated carbocycles. The summed E-state index contributed by atoms with van der Waals surface area (Å²) in [7, 11) is 0. The highest BCUT2D eigenvalue weighted by Crippen LogP contribution is 2.37. The number of hydrogen-bond acceptors (Lipinski definition) is 6. The Bertz CT molecular complexity index is 3830. The van der Waals surface area contributed by atoms with Gasteiger partial charge in [-0.25, -0.2) is 0 Å². The second-order valence-electron chi connectivity index (χ2n) is 26.9. The highest BCUT2D eigenvalue weighted by atomic mass is 35.5. The molecule has 12 aromatic carbocycles. The molecule has 576 valence electrons. The van der Waals surface area contributed by atoms with Gasteiger partial charge in [0.1, 0.15) is 74.1 Å². The first-order chi connectivity index (χ1) is 53.0. The Balaban J connectivity index is 0.000000217. The van der Waals surface area contributed by atoms with Crippen molar-refractivity contribution in [1.29, 1.82) is 0 Å². The van der Waals surface area contributed by atoms with E-state index in [1.807, 2.05) is 146 Å². The SMILES string of the molecule is CCc1c(COc2ccc(Cl)cc2)c(CC)c(COc2ccc(Cl)cc2)c(CC)c1COc1ccc(Cl)cc1.CCc1c(COc2ccc(Cl)cc2)c(CC)c(COc2ccc(Cl)cc2)c(CC)c1COc1ccc(Cl)cc1.Cc1ccc(C)cc1.Cc1ccc(C)cc1.Cc1ccc(C)cc1.Cc1ccc(C)cc1. The molecular formula is C98H106Cl6O6. The molecule has 0 aromatic heterocycles. The van der Waals surface area contributed by atoms with Gasteiger partial charge in [0.25, 0.3) is 0 Å². The average Bonchev–Trinajstić information content (AvgIpc) is 0.774. The zero-order chi connectivity index (χ0) is 79.5. The van der Waals surface area contributed by atoms with Crippen LogP contribution in [0.2, 0.25) is 30.1 Å². The molecule has 0 atom stereocenters. The van der Waals surface area contributed by atoms with Crippen molar-refractivity contribution in [3.05, 3.63) is 384 Å². The van der Waals surface area contributed by atoms with E-state index in [4.69, 9.17) is 98.0 Å². The molecule has 0 aliphatic rings. The van der Waals surface area contributed by atoms with Crippen LogP contribution < -0.4 is 28.4 Å². The fourth-order valence-electron chi connectivity index (χ4n) is 12.5. The van der Waals surface area contributed by atoms with Gasteiger partial charge in [-0.15, -0.1) is 0 Å². The zero-order valence-corrected chi connectivity index (χ0v) is 70.8. The predicted octanol–water partition coefficient (Wildman–Crippen LogP) is 29.4. The highest BCUT2D eigenvalue weighted by molar-refractivity contribution is 6.32. The standard InChI is InChI=1S/2C33H33Cl3O3.4C8H10/c2*1-4-28-31(19-37-25-13-7-22(34)8-14-25)29(5-2)33(21-39-27-17-11-24(36)12-18-27)30(6-3)32(28)20-38-26-15-9-23(35)10-16-26;4*1-7-3-5-8(2)6-4-7/h2*7-18H,4-6,19-21H2,1-3H3;4*3-6H,1-2H3. The van der Waals surface area contributed by atoms with E-state index >= 15 is 0 Å². The Morgan fingerprint density at radius 2 is 0.255 bits per heavy atom. The van der Waals surface area contributed by atoms with Crippen molar-refractivity contribution < 1.29 is 28.4 Å². The van der Waals surface area contributed by atoms with Crippen LogP contribution in [0.3, 0.4) is 0 Å². The molecule has 110 heavy (non-hydrogen) atoms.